The fraction of sp³-hybridized carbons (Fsp3) is 0.462. The molecule has 0 aliphatic carbocycles. The number of carbonyl (C=O) groups excluding carboxylic acids is 2. The number of benzene rings is 2. The minimum Gasteiger partial charge on any atom is -0.493 e. The van der Waals surface area contributed by atoms with E-state index >= 15 is 0 Å². The van der Waals surface area contributed by atoms with E-state index in [2.05, 4.69) is 22.3 Å². The number of likely N-dealkylation sites (N-methyl/N-ethyl adjacent to an activating group) is 1. The second-order valence-corrected chi connectivity index (χ2v) is 9.21. The van der Waals surface area contributed by atoms with Gasteiger partial charge < -0.3 is 14.8 Å². The predicted molar refractivity (Wildman–Crippen MR) is 130 cm³/mol. The summed E-state index contributed by atoms with van der Waals surface area (Å²) in [6.07, 6.45) is 2.31. The molecule has 0 radical (unpaired) electrons. The molecule has 2 saturated heterocycles. The molecule has 8 nitrogen and oxygen atoms in total. The van der Waals surface area contributed by atoms with Gasteiger partial charge in [-0.1, -0.05) is 36.4 Å². The van der Waals surface area contributed by atoms with E-state index in [4.69, 9.17) is 9.47 Å². The first kappa shape index (κ1) is 24.0. The SMILES string of the molecule is COc1ccc(CCN(C)CN2C(=O)N[C@@]3(CCCN(Cc4ccccc4)C3)C2=O)cc1OC. The highest BCUT2D eigenvalue weighted by Gasteiger charge is 2.53. The van der Waals surface area contributed by atoms with Crippen molar-refractivity contribution in [1.82, 2.24) is 20.0 Å². The number of methoxy groups -OCH3 is 2. The molecule has 4 rings (SSSR count). The van der Waals surface area contributed by atoms with Crippen molar-refractivity contribution < 1.29 is 19.1 Å². The fourth-order valence-electron chi connectivity index (χ4n) is 4.87. The minimum atomic E-state index is -0.825. The Morgan fingerprint density at radius 3 is 2.53 bits per heavy atom. The van der Waals surface area contributed by atoms with Gasteiger partial charge in [0, 0.05) is 19.6 Å². The Balaban J connectivity index is 1.35. The van der Waals surface area contributed by atoms with Gasteiger partial charge >= 0.3 is 6.03 Å². The van der Waals surface area contributed by atoms with E-state index in [9.17, 15) is 9.59 Å². The Morgan fingerprint density at radius 2 is 1.79 bits per heavy atom. The number of piperidine rings is 1. The maximum absolute atomic E-state index is 13.4. The number of hydrogen-bond acceptors (Lipinski definition) is 6. The Morgan fingerprint density at radius 1 is 1.03 bits per heavy atom. The van der Waals surface area contributed by atoms with Gasteiger partial charge in [0.15, 0.2) is 11.5 Å². The lowest BCUT2D eigenvalue weighted by Crippen LogP contribution is -2.58. The second kappa shape index (κ2) is 10.4. The van der Waals surface area contributed by atoms with Crippen LogP contribution in [0.4, 0.5) is 4.79 Å². The second-order valence-electron chi connectivity index (χ2n) is 9.21. The highest BCUT2D eigenvalue weighted by molar-refractivity contribution is 6.07. The van der Waals surface area contributed by atoms with E-state index in [0.717, 1.165) is 31.5 Å². The molecule has 2 fully saturated rings. The van der Waals surface area contributed by atoms with Gasteiger partial charge in [0.05, 0.1) is 20.9 Å². The highest BCUT2D eigenvalue weighted by Crippen LogP contribution is 2.30. The predicted octanol–water partition coefficient (Wildman–Crippen LogP) is 2.72. The van der Waals surface area contributed by atoms with Crippen LogP contribution < -0.4 is 14.8 Å². The zero-order chi connectivity index (χ0) is 24.1. The number of nitrogens with one attached hydrogen (secondary N) is 1. The number of nitrogens with zero attached hydrogens (tertiary/aromatic N) is 3. The zero-order valence-corrected chi connectivity index (χ0v) is 20.3. The van der Waals surface area contributed by atoms with Crippen LogP contribution in [0.1, 0.15) is 24.0 Å². The molecule has 0 bridgehead atoms. The third kappa shape index (κ3) is 5.18. The molecule has 182 valence electrons. The molecule has 0 unspecified atom stereocenters. The number of rotatable bonds is 9. The Labute approximate surface area is 201 Å². The van der Waals surface area contributed by atoms with Gasteiger partial charge in [-0.3, -0.25) is 14.6 Å². The smallest absolute Gasteiger partial charge is 0.326 e. The number of imide groups is 1. The van der Waals surface area contributed by atoms with Gasteiger partial charge in [0.1, 0.15) is 5.54 Å². The summed E-state index contributed by atoms with van der Waals surface area (Å²) in [6, 6.07) is 15.8. The molecular weight excluding hydrogens is 432 g/mol. The van der Waals surface area contributed by atoms with Crippen molar-refractivity contribution in [3.05, 3.63) is 59.7 Å². The topological polar surface area (TPSA) is 74.4 Å². The molecule has 2 aliphatic heterocycles. The normalized spacial score (nSPS) is 20.8. The van der Waals surface area contributed by atoms with Crippen molar-refractivity contribution in [2.75, 3.05) is 47.6 Å². The molecule has 0 saturated carbocycles. The third-order valence-corrected chi connectivity index (χ3v) is 6.68. The number of hydrogen-bond donors (Lipinski definition) is 1. The maximum atomic E-state index is 13.4. The number of urea groups is 1. The average molecular weight is 467 g/mol. The quantitative estimate of drug-likeness (QED) is 0.573. The van der Waals surface area contributed by atoms with Crippen LogP contribution in [0, 0.1) is 0 Å². The van der Waals surface area contributed by atoms with Crippen molar-refractivity contribution in [2.45, 2.75) is 31.3 Å². The van der Waals surface area contributed by atoms with E-state index in [-0.39, 0.29) is 18.6 Å². The maximum Gasteiger partial charge on any atom is 0.326 e. The van der Waals surface area contributed by atoms with E-state index in [0.29, 0.717) is 31.0 Å². The summed E-state index contributed by atoms with van der Waals surface area (Å²) in [4.78, 5) is 31.8. The number of amides is 3. The Hall–Kier alpha value is -3.10. The minimum absolute atomic E-state index is 0.117. The summed E-state index contributed by atoms with van der Waals surface area (Å²) in [5.41, 5.74) is 1.49. The van der Waals surface area contributed by atoms with Crippen molar-refractivity contribution in [2.24, 2.45) is 0 Å². The number of carbonyl (C=O) groups is 2. The monoisotopic (exact) mass is 466 g/mol. The summed E-state index contributed by atoms with van der Waals surface area (Å²) in [7, 11) is 5.16. The molecule has 2 aromatic carbocycles. The lowest BCUT2D eigenvalue weighted by Gasteiger charge is -2.38. The van der Waals surface area contributed by atoms with Gasteiger partial charge in [-0.2, -0.15) is 0 Å². The van der Waals surface area contributed by atoms with Crippen LogP contribution in [0.2, 0.25) is 0 Å². The van der Waals surface area contributed by atoms with Crippen molar-refractivity contribution in [3.63, 3.8) is 0 Å². The van der Waals surface area contributed by atoms with Gasteiger partial charge in [-0.15, -0.1) is 0 Å². The lowest BCUT2D eigenvalue weighted by molar-refractivity contribution is -0.134. The molecule has 34 heavy (non-hydrogen) atoms. The largest absolute Gasteiger partial charge is 0.493 e. The standard InChI is InChI=1S/C26H34N4O4/c1-28(15-12-20-10-11-22(33-2)23(16-20)34-3)19-30-24(31)26(27-25(30)32)13-7-14-29(18-26)17-21-8-5-4-6-9-21/h4-6,8-11,16H,7,12-15,17-19H2,1-3H3,(H,27,32)/t26-/m1/s1. The summed E-state index contributed by atoms with van der Waals surface area (Å²) >= 11 is 0. The summed E-state index contributed by atoms with van der Waals surface area (Å²) in [5.74, 6) is 1.27. The van der Waals surface area contributed by atoms with Gasteiger partial charge in [-0.05, 0) is 56.1 Å². The van der Waals surface area contributed by atoms with E-state index in [1.54, 1.807) is 14.2 Å². The van der Waals surface area contributed by atoms with Crippen LogP contribution in [-0.4, -0.2) is 79.7 Å². The molecule has 1 atom stereocenters. The third-order valence-electron chi connectivity index (χ3n) is 6.68. The number of likely N-dealkylation sites (tertiary alicyclic amines) is 1. The van der Waals surface area contributed by atoms with Gasteiger partial charge in [0.25, 0.3) is 5.91 Å². The molecule has 2 aliphatic rings. The first-order chi connectivity index (χ1) is 16.4. The molecule has 2 aromatic rings. The number of ether oxygens (including phenoxy) is 2. The summed E-state index contributed by atoms with van der Waals surface area (Å²) < 4.78 is 10.7. The summed E-state index contributed by atoms with van der Waals surface area (Å²) in [5, 5.41) is 3.03. The molecule has 3 amide bonds. The highest BCUT2D eigenvalue weighted by atomic mass is 16.5. The first-order valence-corrected chi connectivity index (χ1v) is 11.7. The molecule has 2 heterocycles. The van der Waals surface area contributed by atoms with E-state index < -0.39 is 5.54 Å². The first-order valence-electron chi connectivity index (χ1n) is 11.7. The van der Waals surface area contributed by atoms with Gasteiger partial charge in [-0.25, -0.2) is 9.69 Å². The van der Waals surface area contributed by atoms with Crippen LogP contribution in [-0.2, 0) is 17.8 Å². The molecule has 1 N–H and O–H groups in total. The van der Waals surface area contributed by atoms with Crippen molar-refractivity contribution in [1.29, 1.82) is 0 Å². The fourth-order valence-corrected chi connectivity index (χ4v) is 4.87. The molecule has 1 spiro atoms. The molecule has 8 heteroatoms. The van der Waals surface area contributed by atoms with Crippen LogP contribution in [0.5, 0.6) is 11.5 Å². The van der Waals surface area contributed by atoms with Crippen molar-refractivity contribution in [3.8, 4) is 11.5 Å². The van der Waals surface area contributed by atoms with E-state index in [1.807, 2.05) is 48.3 Å². The molecule has 0 aromatic heterocycles. The Bertz CT molecular complexity index is 1020. The molecular formula is C26H34N4O4. The lowest BCUT2D eigenvalue weighted by atomic mass is 9.88. The average Bonchev–Trinajstić information content (AvgIpc) is 3.06. The van der Waals surface area contributed by atoms with Crippen LogP contribution in [0.15, 0.2) is 48.5 Å². The van der Waals surface area contributed by atoms with Gasteiger partial charge in [0.2, 0.25) is 0 Å². The van der Waals surface area contributed by atoms with Crippen molar-refractivity contribution >= 4 is 11.9 Å². The zero-order valence-electron chi connectivity index (χ0n) is 20.3. The van der Waals surface area contributed by atoms with E-state index in [1.165, 1.54) is 10.5 Å². The van der Waals surface area contributed by atoms with Crippen LogP contribution in [0.3, 0.4) is 0 Å². The van der Waals surface area contributed by atoms with Crippen LogP contribution in [0.25, 0.3) is 0 Å². The van der Waals surface area contributed by atoms with Crippen LogP contribution >= 0.6 is 0 Å². The summed E-state index contributed by atoms with van der Waals surface area (Å²) in [6.45, 7) is 3.19. The Kier molecular flexibility index (Phi) is 7.38.